The molecule has 114 valence electrons. The van der Waals surface area contributed by atoms with Crippen molar-refractivity contribution in [1.82, 2.24) is 4.90 Å². The van der Waals surface area contributed by atoms with E-state index in [0.29, 0.717) is 29.4 Å². The Morgan fingerprint density at radius 3 is 2.90 bits per heavy atom. The van der Waals surface area contributed by atoms with Crippen molar-refractivity contribution in [3.63, 3.8) is 0 Å². The topological polar surface area (TPSA) is 84.7 Å². The molecule has 1 saturated heterocycles. The van der Waals surface area contributed by atoms with Gasteiger partial charge in [0.05, 0.1) is 22.7 Å². The van der Waals surface area contributed by atoms with Gasteiger partial charge in [-0.1, -0.05) is 11.6 Å². The number of hydrogen-bond acceptors (Lipinski definition) is 5. The zero-order valence-corrected chi connectivity index (χ0v) is 12.5. The van der Waals surface area contributed by atoms with E-state index in [9.17, 15) is 14.9 Å². The molecule has 1 aromatic rings. The van der Waals surface area contributed by atoms with E-state index < -0.39 is 4.92 Å². The van der Waals surface area contributed by atoms with Crippen molar-refractivity contribution in [3.05, 3.63) is 32.8 Å². The van der Waals surface area contributed by atoms with Crippen molar-refractivity contribution in [2.45, 2.75) is 19.4 Å². The molecule has 1 N–H and O–H groups in total. The highest BCUT2D eigenvalue weighted by atomic mass is 35.5. The maximum Gasteiger partial charge on any atom is 0.409 e. The van der Waals surface area contributed by atoms with Crippen LogP contribution in [0.3, 0.4) is 0 Å². The second kappa shape index (κ2) is 6.17. The largest absolute Gasteiger partial charge is 0.453 e. The summed E-state index contributed by atoms with van der Waals surface area (Å²) < 4.78 is 4.68. The van der Waals surface area contributed by atoms with Crippen LogP contribution in [0.4, 0.5) is 16.2 Å². The Bertz CT molecular complexity index is 579. The lowest BCUT2D eigenvalue weighted by molar-refractivity contribution is -0.385. The first kappa shape index (κ1) is 15.4. The van der Waals surface area contributed by atoms with Gasteiger partial charge in [0.1, 0.15) is 0 Å². The van der Waals surface area contributed by atoms with Gasteiger partial charge in [-0.05, 0) is 19.4 Å². The first-order valence-corrected chi connectivity index (χ1v) is 6.84. The number of hydrogen-bond donors (Lipinski definition) is 1. The molecule has 1 amide bonds. The van der Waals surface area contributed by atoms with E-state index in [1.54, 1.807) is 17.9 Å². The number of nitrogens with one attached hydrogen (secondary N) is 1. The first-order chi connectivity index (χ1) is 9.92. The van der Waals surface area contributed by atoms with E-state index in [4.69, 9.17) is 11.6 Å². The van der Waals surface area contributed by atoms with Crippen LogP contribution in [0.5, 0.6) is 0 Å². The quantitative estimate of drug-likeness (QED) is 0.685. The number of benzene rings is 1. The van der Waals surface area contributed by atoms with Crippen LogP contribution in [0.1, 0.15) is 12.0 Å². The summed E-state index contributed by atoms with van der Waals surface area (Å²) in [5.41, 5.74) is 1.17. The number of nitrogens with zero attached hydrogens (tertiary/aromatic N) is 2. The lowest BCUT2D eigenvalue weighted by Crippen LogP contribution is -2.31. The van der Waals surface area contributed by atoms with Crippen molar-refractivity contribution in [1.29, 1.82) is 0 Å². The molecule has 8 heteroatoms. The van der Waals surface area contributed by atoms with Gasteiger partial charge >= 0.3 is 6.09 Å². The first-order valence-electron chi connectivity index (χ1n) is 6.46. The normalized spacial score (nSPS) is 17.7. The average Bonchev–Trinajstić information content (AvgIpc) is 2.89. The van der Waals surface area contributed by atoms with Crippen LogP contribution in [0.15, 0.2) is 12.1 Å². The molecule has 0 bridgehead atoms. The number of carbonyl (C=O) groups excluding carboxylic acids is 1. The van der Waals surface area contributed by atoms with Gasteiger partial charge in [-0.25, -0.2) is 4.79 Å². The van der Waals surface area contributed by atoms with Crippen LogP contribution in [0.2, 0.25) is 5.02 Å². The number of likely N-dealkylation sites (tertiary alicyclic amines) is 1. The van der Waals surface area contributed by atoms with E-state index >= 15 is 0 Å². The Morgan fingerprint density at radius 2 is 2.29 bits per heavy atom. The molecule has 1 heterocycles. The van der Waals surface area contributed by atoms with Gasteiger partial charge in [-0.2, -0.15) is 0 Å². The number of nitro groups is 1. The number of halogens is 1. The maximum absolute atomic E-state index is 11.4. The number of carbonyl (C=O) groups is 1. The summed E-state index contributed by atoms with van der Waals surface area (Å²) in [4.78, 5) is 23.4. The zero-order chi connectivity index (χ0) is 15.6. The Hall–Kier alpha value is -2.02. The van der Waals surface area contributed by atoms with Gasteiger partial charge in [0, 0.05) is 30.8 Å². The highest BCUT2D eigenvalue weighted by molar-refractivity contribution is 6.33. The Balaban J connectivity index is 2.09. The molecule has 0 aromatic heterocycles. The second-order valence-corrected chi connectivity index (χ2v) is 5.33. The van der Waals surface area contributed by atoms with Gasteiger partial charge < -0.3 is 15.0 Å². The van der Waals surface area contributed by atoms with Gasteiger partial charge in [-0.15, -0.1) is 0 Å². The van der Waals surface area contributed by atoms with Crippen LogP contribution in [0.25, 0.3) is 0 Å². The van der Waals surface area contributed by atoms with Crippen molar-refractivity contribution in [3.8, 4) is 0 Å². The summed E-state index contributed by atoms with van der Waals surface area (Å²) in [6.45, 7) is 2.78. The smallest absolute Gasteiger partial charge is 0.409 e. The van der Waals surface area contributed by atoms with Gasteiger partial charge in [0.15, 0.2) is 0 Å². The molecule has 1 aromatic carbocycles. The predicted molar refractivity (Wildman–Crippen MR) is 78.8 cm³/mol. The zero-order valence-electron chi connectivity index (χ0n) is 11.8. The third-order valence-corrected chi connectivity index (χ3v) is 3.78. The molecule has 1 atom stereocenters. The molecule has 21 heavy (non-hydrogen) atoms. The second-order valence-electron chi connectivity index (χ2n) is 4.92. The number of nitro benzene ring substituents is 1. The molecule has 1 fully saturated rings. The van der Waals surface area contributed by atoms with Crippen LogP contribution >= 0.6 is 11.6 Å². The van der Waals surface area contributed by atoms with Gasteiger partial charge in [0.2, 0.25) is 0 Å². The molecule has 1 aliphatic rings. The SMILES string of the molecule is COC(=O)N1CCC(Nc2cc(C)c([N+](=O)[O-])cc2Cl)C1. The van der Waals surface area contributed by atoms with Crippen molar-refractivity contribution < 1.29 is 14.5 Å². The lowest BCUT2D eigenvalue weighted by atomic mass is 10.1. The third kappa shape index (κ3) is 3.36. The number of anilines is 1. The average molecular weight is 314 g/mol. The summed E-state index contributed by atoms with van der Waals surface area (Å²) in [6.07, 6.45) is 0.409. The summed E-state index contributed by atoms with van der Waals surface area (Å²) in [5, 5.41) is 14.4. The summed E-state index contributed by atoms with van der Waals surface area (Å²) >= 11 is 6.08. The molecule has 0 saturated carbocycles. The van der Waals surface area contributed by atoms with Crippen molar-refractivity contribution in [2.75, 3.05) is 25.5 Å². The number of amides is 1. The minimum absolute atomic E-state index is 0.00633. The molecular weight excluding hydrogens is 298 g/mol. The van der Waals surface area contributed by atoms with Crippen LogP contribution in [-0.4, -0.2) is 42.2 Å². The fraction of sp³-hybridized carbons (Fsp3) is 0.462. The highest BCUT2D eigenvalue weighted by Gasteiger charge is 2.27. The van der Waals surface area contributed by atoms with E-state index in [1.165, 1.54) is 13.2 Å². The standard InChI is InChI=1S/C13H16ClN3O4/c1-8-5-11(10(14)6-12(8)17(19)20)15-9-3-4-16(7-9)13(18)21-2/h5-6,9,15H,3-4,7H2,1-2H3. The molecule has 1 unspecified atom stereocenters. The van der Waals surface area contributed by atoms with E-state index in [1.807, 2.05) is 0 Å². The Labute approximate surface area is 127 Å². The van der Waals surface area contributed by atoms with Crippen LogP contribution in [0, 0.1) is 17.0 Å². The van der Waals surface area contributed by atoms with Crippen LogP contribution in [-0.2, 0) is 4.74 Å². The predicted octanol–water partition coefficient (Wildman–Crippen LogP) is 2.81. The van der Waals surface area contributed by atoms with E-state index in [0.717, 1.165) is 6.42 Å². The van der Waals surface area contributed by atoms with Crippen molar-refractivity contribution in [2.24, 2.45) is 0 Å². The molecule has 2 rings (SSSR count). The maximum atomic E-state index is 11.4. The minimum atomic E-state index is -0.459. The Kier molecular flexibility index (Phi) is 4.52. The third-order valence-electron chi connectivity index (χ3n) is 3.46. The van der Waals surface area contributed by atoms with Gasteiger partial charge in [0.25, 0.3) is 5.69 Å². The summed E-state index contributed by atoms with van der Waals surface area (Å²) in [6, 6.07) is 3.04. The van der Waals surface area contributed by atoms with E-state index in [2.05, 4.69) is 10.1 Å². The monoisotopic (exact) mass is 313 g/mol. The number of ether oxygens (including phenoxy) is 1. The molecule has 7 nitrogen and oxygen atoms in total. The molecule has 0 radical (unpaired) electrons. The molecule has 0 spiro atoms. The minimum Gasteiger partial charge on any atom is -0.453 e. The van der Waals surface area contributed by atoms with Crippen molar-refractivity contribution >= 4 is 29.1 Å². The fourth-order valence-electron chi connectivity index (χ4n) is 2.37. The lowest BCUT2D eigenvalue weighted by Gasteiger charge is -2.17. The number of rotatable bonds is 3. The number of methoxy groups -OCH3 is 1. The molecule has 1 aliphatic heterocycles. The van der Waals surface area contributed by atoms with Crippen LogP contribution < -0.4 is 5.32 Å². The van der Waals surface area contributed by atoms with Gasteiger partial charge in [-0.3, -0.25) is 10.1 Å². The summed E-state index contributed by atoms with van der Waals surface area (Å²) in [5.74, 6) is 0. The highest BCUT2D eigenvalue weighted by Crippen LogP contribution is 2.31. The molecule has 0 aliphatic carbocycles. The fourth-order valence-corrected chi connectivity index (χ4v) is 2.58. The molecular formula is C13H16ClN3O4. The number of aryl methyl sites for hydroxylation is 1. The Morgan fingerprint density at radius 1 is 1.57 bits per heavy atom. The summed E-state index contributed by atoms with van der Waals surface area (Å²) in [7, 11) is 1.35. The van der Waals surface area contributed by atoms with E-state index in [-0.39, 0.29) is 17.8 Å².